The molecule has 0 aromatic heterocycles. The van der Waals surface area contributed by atoms with Crippen molar-refractivity contribution < 1.29 is 42.8 Å². The van der Waals surface area contributed by atoms with Crippen molar-refractivity contribution in [2.45, 2.75) is 26.4 Å². The molecule has 1 atom stereocenters. The predicted octanol–water partition coefficient (Wildman–Crippen LogP) is 1.88. The molecule has 34 heavy (non-hydrogen) atoms. The van der Waals surface area contributed by atoms with Crippen LogP contribution in [0, 0.1) is 5.92 Å². The van der Waals surface area contributed by atoms with Crippen LogP contribution in [0.4, 0.5) is 10.2 Å². The molecule has 1 saturated heterocycles. The monoisotopic (exact) mass is 484 g/mol. The largest absolute Gasteiger partial charge is 0.379 e. The fourth-order valence-corrected chi connectivity index (χ4v) is 3.14. The number of benzene rings is 1. The minimum absolute atomic E-state index is 0.128. The molecule has 0 aliphatic carbocycles. The molecular weight excluding hydrogens is 451 g/mol. The number of likely N-dealkylation sites (tertiary alicyclic amines) is 1. The number of imide groups is 1. The van der Waals surface area contributed by atoms with Crippen molar-refractivity contribution in [1.82, 2.24) is 4.90 Å². The van der Waals surface area contributed by atoms with Crippen molar-refractivity contribution in [1.29, 1.82) is 0 Å². The van der Waals surface area contributed by atoms with E-state index in [4.69, 9.17) is 18.9 Å². The van der Waals surface area contributed by atoms with Gasteiger partial charge < -0.3 is 24.3 Å². The molecule has 1 fully saturated rings. The Kier molecular flexibility index (Phi) is 13.3. The molecule has 1 aliphatic rings. The summed E-state index contributed by atoms with van der Waals surface area (Å²) in [6.07, 6.45) is 0.482. The first-order valence-electron chi connectivity index (χ1n) is 11.3. The minimum Gasteiger partial charge on any atom is -0.379 e. The van der Waals surface area contributed by atoms with Gasteiger partial charge in [-0.25, -0.2) is 0 Å². The van der Waals surface area contributed by atoms with E-state index < -0.39 is 0 Å². The summed E-state index contributed by atoms with van der Waals surface area (Å²) in [6, 6.07) is 6.69. The highest BCUT2D eigenvalue weighted by Crippen LogP contribution is 2.18. The summed E-state index contributed by atoms with van der Waals surface area (Å²) >= 11 is 0. The summed E-state index contributed by atoms with van der Waals surface area (Å²) in [5.74, 6) is -0.695. The Morgan fingerprint density at radius 1 is 0.941 bits per heavy atom. The van der Waals surface area contributed by atoms with Crippen molar-refractivity contribution in [3.8, 4) is 0 Å². The third-order valence-electron chi connectivity index (χ3n) is 4.98. The molecule has 1 heterocycles. The lowest BCUT2D eigenvalue weighted by Gasteiger charge is -2.14. The molecule has 0 bridgehead atoms. The van der Waals surface area contributed by atoms with Crippen LogP contribution in [-0.4, -0.2) is 82.0 Å². The molecule has 11 heteroatoms. The molecule has 1 aromatic carbocycles. The third kappa shape index (κ3) is 10.7. The number of halogens is 1. The highest BCUT2D eigenvalue weighted by Gasteiger charge is 2.34. The highest BCUT2D eigenvalue weighted by atomic mass is 19.3. The Balaban J connectivity index is 1.34. The van der Waals surface area contributed by atoms with E-state index >= 15 is 0 Å². The lowest BCUT2D eigenvalue weighted by molar-refractivity contribution is -0.144. The number of ether oxygens (including phenoxy) is 4. The molecule has 3 amide bonds. The standard InChI is InChI=1S/C23H33FN2O8/c1-18-16-22(28)26(23(18)29)7-9-31-11-13-33-15-14-32-12-10-30-8-6-21(27)25-20-4-2-19(3-5-20)17-34-24/h2-5,18H,6-17H2,1H3,(H,25,27). The second kappa shape index (κ2) is 16.2. The van der Waals surface area contributed by atoms with Crippen molar-refractivity contribution in [2.24, 2.45) is 5.92 Å². The smallest absolute Gasteiger partial charge is 0.232 e. The number of carbonyl (C=O) groups excluding carboxylic acids is 3. The first kappa shape index (κ1) is 27.8. The zero-order valence-electron chi connectivity index (χ0n) is 19.5. The number of carbonyl (C=O) groups is 3. The van der Waals surface area contributed by atoms with Gasteiger partial charge in [0.05, 0.1) is 65.8 Å². The van der Waals surface area contributed by atoms with E-state index in [9.17, 15) is 18.9 Å². The molecule has 0 saturated carbocycles. The molecule has 2 rings (SSSR count). The van der Waals surface area contributed by atoms with Crippen LogP contribution in [0.1, 0.15) is 25.3 Å². The molecule has 1 aliphatic heterocycles. The van der Waals surface area contributed by atoms with E-state index in [2.05, 4.69) is 10.3 Å². The number of hydrogen-bond donors (Lipinski definition) is 1. The highest BCUT2D eigenvalue weighted by molar-refractivity contribution is 6.03. The van der Waals surface area contributed by atoms with E-state index in [1.807, 2.05) is 0 Å². The van der Waals surface area contributed by atoms with Gasteiger partial charge in [0.15, 0.2) is 0 Å². The quantitative estimate of drug-likeness (QED) is 0.248. The molecule has 190 valence electrons. The number of amides is 3. The van der Waals surface area contributed by atoms with Gasteiger partial charge in [0.2, 0.25) is 17.7 Å². The van der Waals surface area contributed by atoms with Crippen molar-refractivity contribution in [3.63, 3.8) is 0 Å². The first-order chi connectivity index (χ1) is 16.5. The summed E-state index contributed by atoms with van der Waals surface area (Å²) < 4.78 is 33.3. The van der Waals surface area contributed by atoms with Gasteiger partial charge in [-0.2, -0.15) is 4.94 Å². The first-order valence-corrected chi connectivity index (χ1v) is 11.3. The fourth-order valence-electron chi connectivity index (χ4n) is 3.14. The van der Waals surface area contributed by atoms with Crippen LogP contribution in [0.25, 0.3) is 0 Å². The third-order valence-corrected chi connectivity index (χ3v) is 4.98. The SMILES string of the molecule is CC1CC(=O)N(CCOCCOCCOCCOCCC(=O)Nc2ccc(COF)cc2)C1=O. The summed E-state index contributed by atoms with van der Waals surface area (Å²) in [4.78, 5) is 40.1. The van der Waals surface area contributed by atoms with Crippen LogP contribution in [-0.2, 0) is 44.9 Å². The van der Waals surface area contributed by atoms with Crippen LogP contribution < -0.4 is 5.32 Å². The van der Waals surface area contributed by atoms with Gasteiger partial charge in [-0.15, -0.1) is 0 Å². The lowest BCUT2D eigenvalue weighted by atomic mass is 10.1. The van der Waals surface area contributed by atoms with Crippen molar-refractivity contribution in [3.05, 3.63) is 29.8 Å². The normalized spacial score (nSPS) is 15.8. The Hall–Kier alpha value is -2.44. The van der Waals surface area contributed by atoms with Gasteiger partial charge in [0, 0.05) is 18.0 Å². The Morgan fingerprint density at radius 3 is 2.03 bits per heavy atom. The number of nitrogens with one attached hydrogen (secondary N) is 1. The second-order valence-corrected chi connectivity index (χ2v) is 7.69. The second-order valence-electron chi connectivity index (χ2n) is 7.69. The average Bonchev–Trinajstić information content (AvgIpc) is 3.06. The molecule has 1 unspecified atom stereocenters. The van der Waals surface area contributed by atoms with Crippen LogP contribution in [0.15, 0.2) is 24.3 Å². The zero-order chi connectivity index (χ0) is 24.6. The minimum atomic E-state index is -0.235. The molecule has 0 radical (unpaired) electrons. The molecule has 1 N–H and O–H groups in total. The number of nitrogens with zero attached hydrogens (tertiary/aromatic N) is 1. The van der Waals surface area contributed by atoms with Crippen LogP contribution >= 0.6 is 0 Å². The van der Waals surface area contributed by atoms with Gasteiger partial charge in [-0.3, -0.25) is 19.3 Å². The lowest BCUT2D eigenvalue weighted by Crippen LogP contribution is -2.33. The summed E-state index contributed by atoms with van der Waals surface area (Å²) in [5, 5.41) is 2.73. The van der Waals surface area contributed by atoms with Gasteiger partial charge in [-0.1, -0.05) is 19.1 Å². The number of rotatable bonds is 18. The van der Waals surface area contributed by atoms with Crippen LogP contribution in [0.2, 0.25) is 0 Å². The average molecular weight is 485 g/mol. The predicted molar refractivity (Wildman–Crippen MR) is 119 cm³/mol. The van der Waals surface area contributed by atoms with E-state index in [1.54, 1.807) is 31.2 Å². The van der Waals surface area contributed by atoms with Crippen molar-refractivity contribution in [2.75, 3.05) is 64.7 Å². The maximum Gasteiger partial charge on any atom is 0.232 e. The molecule has 0 spiro atoms. The maximum atomic E-state index is 11.9. The van der Waals surface area contributed by atoms with Gasteiger partial charge in [-0.05, 0) is 22.2 Å². The number of anilines is 1. The van der Waals surface area contributed by atoms with E-state index in [1.165, 1.54) is 4.90 Å². The summed E-state index contributed by atoms with van der Waals surface area (Å²) in [5.41, 5.74) is 1.29. The molecule has 1 aromatic rings. The Morgan fingerprint density at radius 2 is 1.50 bits per heavy atom. The fraction of sp³-hybridized carbons (Fsp3) is 0.609. The van der Waals surface area contributed by atoms with Gasteiger partial charge >= 0.3 is 0 Å². The summed E-state index contributed by atoms with van der Waals surface area (Å²) in [6.45, 7) is 4.77. The van der Waals surface area contributed by atoms with E-state index in [-0.39, 0.29) is 56.2 Å². The van der Waals surface area contributed by atoms with Gasteiger partial charge in [0.1, 0.15) is 6.61 Å². The van der Waals surface area contributed by atoms with Crippen molar-refractivity contribution >= 4 is 23.4 Å². The van der Waals surface area contributed by atoms with Crippen LogP contribution in [0.3, 0.4) is 0 Å². The number of hydrogen-bond acceptors (Lipinski definition) is 8. The topological polar surface area (TPSA) is 113 Å². The van der Waals surface area contributed by atoms with E-state index in [0.29, 0.717) is 57.5 Å². The zero-order valence-corrected chi connectivity index (χ0v) is 19.5. The maximum absolute atomic E-state index is 11.9. The van der Waals surface area contributed by atoms with Gasteiger partial charge in [0.25, 0.3) is 0 Å². The van der Waals surface area contributed by atoms with Crippen LogP contribution in [0.5, 0.6) is 0 Å². The van der Waals surface area contributed by atoms with E-state index in [0.717, 1.165) is 0 Å². The Bertz CT molecular complexity index is 762. The molecule has 10 nitrogen and oxygen atoms in total. The Labute approximate surface area is 198 Å². The molecular formula is C23H33FN2O8. The summed E-state index contributed by atoms with van der Waals surface area (Å²) in [7, 11) is 0.